The first-order valence-corrected chi connectivity index (χ1v) is 7.80. The maximum absolute atomic E-state index is 12.3. The minimum absolute atomic E-state index is 0.282. The van der Waals surface area contributed by atoms with Gasteiger partial charge < -0.3 is 14.5 Å². The molecule has 0 radical (unpaired) electrons. The van der Waals surface area contributed by atoms with Crippen LogP contribution in [0.25, 0.3) is 22.0 Å². The molecule has 0 bridgehead atoms. The second-order valence-corrected chi connectivity index (χ2v) is 5.86. The standard InChI is InChI=1S/C15H12ClN3O3S/c1-21-12-4-9-11(5-13(12)22-2)18-14(19-15(9)20)10(16)3-8-6-17-7-23-8/h3-7H,1-2H3,(H,18,19,20)/b10-3-. The molecule has 0 fully saturated rings. The second-order valence-electron chi connectivity index (χ2n) is 4.53. The Balaban J connectivity index is 2.15. The zero-order chi connectivity index (χ0) is 16.4. The van der Waals surface area contributed by atoms with Gasteiger partial charge in [-0.3, -0.25) is 9.78 Å². The van der Waals surface area contributed by atoms with E-state index in [9.17, 15) is 4.79 Å². The van der Waals surface area contributed by atoms with E-state index < -0.39 is 0 Å². The molecule has 0 aliphatic carbocycles. The Morgan fingerprint density at radius 1 is 1.30 bits per heavy atom. The van der Waals surface area contributed by atoms with Crippen LogP contribution >= 0.6 is 22.9 Å². The second kappa shape index (κ2) is 6.39. The molecule has 1 N–H and O–H groups in total. The van der Waals surface area contributed by atoms with E-state index in [0.29, 0.717) is 27.4 Å². The average Bonchev–Trinajstić information content (AvgIpc) is 3.06. The number of ether oxygens (including phenoxy) is 2. The van der Waals surface area contributed by atoms with Crippen molar-refractivity contribution in [2.45, 2.75) is 0 Å². The molecule has 0 amide bonds. The lowest BCUT2D eigenvalue weighted by molar-refractivity contribution is 0.355. The monoisotopic (exact) mass is 349 g/mol. The summed E-state index contributed by atoms with van der Waals surface area (Å²) in [5, 5.41) is 0.719. The van der Waals surface area contributed by atoms with Crippen LogP contribution in [0.2, 0.25) is 0 Å². The number of rotatable bonds is 4. The van der Waals surface area contributed by atoms with Gasteiger partial charge in [-0.1, -0.05) is 11.6 Å². The van der Waals surface area contributed by atoms with Gasteiger partial charge in [-0.15, -0.1) is 11.3 Å². The zero-order valence-electron chi connectivity index (χ0n) is 12.3. The third kappa shape index (κ3) is 3.06. The van der Waals surface area contributed by atoms with Crippen LogP contribution < -0.4 is 15.0 Å². The van der Waals surface area contributed by atoms with Crippen molar-refractivity contribution in [3.05, 3.63) is 44.9 Å². The number of aromatic nitrogens is 3. The van der Waals surface area contributed by atoms with Crippen molar-refractivity contribution >= 4 is 44.9 Å². The third-order valence-corrected chi connectivity index (χ3v) is 4.17. The molecule has 0 aliphatic heterocycles. The Morgan fingerprint density at radius 2 is 2.04 bits per heavy atom. The van der Waals surface area contributed by atoms with E-state index in [1.165, 1.54) is 25.6 Å². The van der Waals surface area contributed by atoms with E-state index in [4.69, 9.17) is 21.1 Å². The lowest BCUT2D eigenvalue weighted by atomic mass is 10.2. The van der Waals surface area contributed by atoms with Crippen LogP contribution in [0.15, 0.2) is 28.6 Å². The number of nitrogens with one attached hydrogen (secondary N) is 1. The van der Waals surface area contributed by atoms with Gasteiger partial charge in [-0.2, -0.15) is 0 Å². The highest BCUT2D eigenvalue weighted by Gasteiger charge is 2.12. The Labute approximate surface area is 140 Å². The van der Waals surface area contributed by atoms with Crippen LogP contribution in [-0.4, -0.2) is 29.2 Å². The summed E-state index contributed by atoms with van der Waals surface area (Å²) in [7, 11) is 3.03. The van der Waals surface area contributed by atoms with Crippen molar-refractivity contribution in [2.75, 3.05) is 14.2 Å². The first-order chi connectivity index (χ1) is 11.1. The van der Waals surface area contributed by atoms with Crippen LogP contribution in [0.4, 0.5) is 0 Å². The summed E-state index contributed by atoms with van der Waals surface area (Å²) in [4.78, 5) is 24.2. The van der Waals surface area contributed by atoms with Crippen LogP contribution in [0, 0.1) is 0 Å². The van der Waals surface area contributed by atoms with Crippen molar-refractivity contribution in [3.8, 4) is 11.5 Å². The highest BCUT2D eigenvalue weighted by molar-refractivity contribution is 7.10. The molecule has 0 atom stereocenters. The number of nitrogens with zero attached hydrogens (tertiary/aromatic N) is 2. The number of benzene rings is 1. The molecule has 8 heteroatoms. The van der Waals surface area contributed by atoms with Crippen molar-refractivity contribution in [1.29, 1.82) is 0 Å². The molecule has 0 aliphatic rings. The molecule has 1 aromatic carbocycles. The maximum atomic E-state index is 12.3. The van der Waals surface area contributed by atoms with Crippen molar-refractivity contribution in [2.24, 2.45) is 0 Å². The summed E-state index contributed by atoms with van der Waals surface area (Å²) >= 11 is 7.69. The molecule has 2 aromatic heterocycles. The van der Waals surface area contributed by atoms with Gasteiger partial charge in [0.15, 0.2) is 17.3 Å². The minimum atomic E-state index is -0.304. The van der Waals surface area contributed by atoms with Gasteiger partial charge in [-0.05, 0) is 12.1 Å². The summed E-state index contributed by atoms with van der Waals surface area (Å²) < 4.78 is 10.4. The Kier molecular flexibility index (Phi) is 4.31. The fraction of sp³-hybridized carbons (Fsp3) is 0.133. The number of hydrogen-bond donors (Lipinski definition) is 1. The van der Waals surface area contributed by atoms with Gasteiger partial charge in [0.05, 0.1) is 35.7 Å². The van der Waals surface area contributed by atoms with Crippen molar-refractivity contribution < 1.29 is 9.47 Å². The largest absolute Gasteiger partial charge is 0.493 e. The molecule has 23 heavy (non-hydrogen) atoms. The molecule has 0 spiro atoms. The average molecular weight is 350 g/mol. The molecular formula is C15H12ClN3O3S. The summed E-state index contributed by atoms with van der Waals surface area (Å²) in [6.45, 7) is 0. The summed E-state index contributed by atoms with van der Waals surface area (Å²) in [5.74, 6) is 1.24. The Morgan fingerprint density at radius 3 is 2.70 bits per heavy atom. The molecule has 2 heterocycles. The SMILES string of the molecule is COc1cc2nc(/C(Cl)=C/c3cncs3)[nH]c(=O)c2cc1OC. The lowest BCUT2D eigenvalue weighted by Gasteiger charge is -2.09. The molecule has 3 rings (SSSR count). The van der Waals surface area contributed by atoms with Crippen LogP contribution in [0.5, 0.6) is 11.5 Å². The first kappa shape index (κ1) is 15.5. The van der Waals surface area contributed by atoms with E-state index in [1.54, 1.807) is 29.9 Å². The number of methoxy groups -OCH3 is 2. The predicted octanol–water partition coefficient (Wildman–Crippen LogP) is 3.13. The molecule has 3 aromatic rings. The Bertz CT molecular complexity index is 935. The molecule has 6 nitrogen and oxygen atoms in total. The highest BCUT2D eigenvalue weighted by Crippen LogP contribution is 2.30. The Hall–Kier alpha value is -2.38. The molecule has 0 saturated heterocycles. The molecule has 0 unspecified atom stereocenters. The van der Waals surface area contributed by atoms with Gasteiger partial charge in [0, 0.05) is 17.1 Å². The lowest BCUT2D eigenvalue weighted by Crippen LogP contribution is -2.11. The highest BCUT2D eigenvalue weighted by atomic mass is 35.5. The van der Waals surface area contributed by atoms with Gasteiger partial charge in [0.1, 0.15) is 0 Å². The van der Waals surface area contributed by atoms with Crippen LogP contribution in [0.3, 0.4) is 0 Å². The van der Waals surface area contributed by atoms with E-state index in [0.717, 1.165) is 4.88 Å². The molecule has 118 valence electrons. The maximum Gasteiger partial charge on any atom is 0.259 e. The smallest absolute Gasteiger partial charge is 0.259 e. The number of halogens is 1. The van der Waals surface area contributed by atoms with E-state index >= 15 is 0 Å². The van der Waals surface area contributed by atoms with Gasteiger partial charge >= 0.3 is 0 Å². The van der Waals surface area contributed by atoms with E-state index in [1.807, 2.05) is 0 Å². The van der Waals surface area contributed by atoms with Gasteiger partial charge in [0.25, 0.3) is 5.56 Å². The van der Waals surface area contributed by atoms with E-state index in [2.05, 4.69) is 15.0 Å². The summed E-state index contributed by atoms with van der Waals surface area (Å²) in [6.07, 6.45) is 3.38. The summed E-state index contributed by atoms with van der Waals surface area (Å²) in [6, 6.07) is 3.23. The number of thiazole rings is 1. The van der Waals surface area contributed by atoms with Crippen molar-refractivity contribution in [3.63, 3.8) is 0 Å². The number of aromatic amines is 1. The third-order valence-electron chi connectivity index (χ3n) is 3.16. The first-order valence-electron chi connectivity index (χ1n) is 6.54. The molecular weight excluding hydrogens is 338 g/mol. The fourth-order valence-corrected chi connectivity index (χ4v) is 2.89. The molecule has 0 saturated carbocycles. The van der Waals surface area contributed by atoms with Crippen LogP contribution in [0.1, 0.15) is 10.7 Å². The zero-order valence-corrected chi connectivity index (χ0v) is 13.9. The van der Waals surface area contributed by atoms with Crippen molar-refractivity contribution in [1.82, 2.24) is 15.0 Å². The topological polar surface area (TPSA) is 77.1 Å². The number of fused-ring (bicyclic) bond motifs is 1. The number of hydrogen-bond acceptors (Lipinski definition) is 6. The van der Waals surface area contributed by atoms with Gasteiger partial charge in [0.2, 0.25) is 0 Å². The van der Waals surface area contributed by atoms with Gasteiger partial charge in [-0.25, -0.2) is 4.98 Å². The van der Waals surface area contributed by atoms with Crippen LogP contribution in [-0.2, 0) is 0 Å². The minimum Gasteiger partial charge on any atom is -0.493 e. The fourth-order valence-electron chi connectivity index (χ4n) is 2.07. The van der Waals surface area contributed by atoms with E-state index in [-0.39, 0.29) is 11.4 Å². The predicted molar refractivity (Wildman–Crippen MR) is 91.3 cm³/mol. The normalized spacial score (nSPS) is 11.7. The quantitative estimate of drug-likeness (QED) is 0.783. The number of H-pyrrole nitrogens is 1. The summed E-state index contributed by atoms with van der Waals surface area (Å²) in [5.41, 5.74) is 1.86.